The highest BCUT2D eigenvalue weighted by molar-refractivity contribution is 9.10. The van der Waals surface area contributed by atoms with Crippen LogP contribution < -0.4 is 5.32 Å². The molecule has 0 aromatic carbocycles. The molecule has 0 amide bonds. The fourth-order valence-corrected chi connectivity index (χ4v) is 3.97. The van der Waals surface area contributed by atoms with Crippen LogP contribution in [0.2, 0.25) is 0 Å². The molecule has 5 heteroatoms. The average Bonchev–Trinajstić information content (AvgIpc) is 2.95. The monoisotopic (exact) mass is 325 g/mol. The van der Waals surface area contributed by atoms with E-state index in [2.05, 4.69) is 37.3 Å². The van der Waals surface area contributed by atoms with E-state index in [9.17, 15) is 0 Å². The molecule has 1 N–H and O–H groups in total. The van der Waals surface area contributed by atoms with Crippen molar-refractivity contribution in [1.82, 2.24) is 14.9 Å². The van der Waals surface area contributed by atoms with Crippen LogP contribution in [0.4, 0.5) is 0 Å². The smallest absolute Gasteiger partial charge is 0.150 e. The third-order valence-electron chi connectivity index (χ3n) is 3.33. The summed E-state index contributed by atoms with van der Waals surface area (Å²) >= 11 is 5.28. The van der Waals surface area contributed by atoms with Gasteiger partial charge in [0.2, 0.25) is 0 Å². The molecule has 2 aromatic rings. The van der Waals surface area contributed by atoms with Gasteiger partial charge in [-0.15, -0.1) is 11.3 Å². The summed E-state index contributed by atoms with van der Waals surface area (Å²) in [6.07, 6.45) is 3.72. The summed E-state index contributed by atoms with van der Waals surface area (Å²) in [7, 11) is 1.98. The molecule has 3 heterocycles. The molecule has 18 heavy (non-hydrogen) atoms. The summed E-state index contributed by atoms with van der Waals surface area (Å²) in [5.74, 6) is 1.14. The second kappa shape index (κ2) is 5.15. The topological polar surface area (TPSA) is 29.9 Å². The number of hydrogen-bond donors (Lipinski definition) is 1. The van der Waals surface area contributed by atoms with E-state index in [1.165, 1.54) is 29.1 Å². The number of aromatic nitrogens is 2. The van der Waals surface area contributed by atoms with E-state index in [0.717, 1.165) is 29.8 Å². The van der Waals surface area contributed by atoms with Crippen molar-refractivity contribution in [2.45, 2.75) is 32.4 Å². The van der Waals surface area contributed by atoms with E-state index < -0.39 is 0 Å². The SMILES string of the molecule is CNCc1nc(-c2cc(Br)cs2)n2c1CCCC2. The van der Waals surface area contributed by atoms with Gasteiger partial charge >= 0.3 is 0 Å². The van der Waals surface area contributed by atoms with Gasteiger partial charge in [-0.2, -0.15) is 0 Å². The molecule has 2 aromatic heterocycles. The summed E-state index contributed by atoms with van der Waals surface area (Å²) < 4.78 is 3.56. The van der Waals surface area contributed by atoms with Gasteiger partial charge in [-0.05, 0) is 48.3 Å². The number of nitrogens with one attached hydrogen (secondary N) is 1. The van der Waals surface area contributed by atoms with Crippen LogP contribution >= 0.6 is 27.3 Å². The summed E-state index contributed by atoms with van der Waals surface area (Å²) in [5.41, 5.74) is 2.65. The lowest BCUT2D eigenvalue weighted by Crippen LogP contribution is -2.14. The van der Waals surface area contributed by atoms with Gasteiger partial charge in [0.05, 0.1) is 10.6 Å². The molecule has 0 aliphatic carbocycles. The Bertz CT molecular complexity index is 559. The predicted octanol–water partition coefficient (Wildman–Crippen LogP) is 3.43. The first-order valence-electron chi connectivity index (χ1n) is 6.27. The molecule has 0 saturated carbocycles. The zero-order valence-electron chi connectivity index (χ0n) is 10.4. The number of fused-ring (bicyclic) bond motifs is 1. The standard InChI is InChI=1S/C13H16BrN3S/c1-15-7-10-11-4-2-3-5-17(11)13(16-10)12-6-9(14)8-18-12/h6,8,15H,2-5,7H2,1H3. The molecule has 3 nitrogen and oxygen atoms in total. The number of imidazole rings is 1. The number of halogens is 1. The number of nitrogens with zero attached hydrogens (tertiary/aromatic N) is 2. The van der Waals surface area contributed by atoms with Crippen LogP contribution in [-0.2, 0) is 19.5 Å². The summed E-state index contributed by atoms with van der Waals surface area (Å²) in [5, 5.41) is 5.34. The fraction of sp³-hybridized carbons (Fsp3) is 0.462. The van der Waals surface area contributed by atoms with Gasteiger partial charge in [-0.1, -0.05) is 0 Å². The van der Waals surface area contributed by atoms with Crippen LogP contribution in [-0.4, -0.2) is 16.6 Å². The zero-order chi connectivity index (χ0) is 12.5. The lowest BCUT2D eigenvalue weighted by molar-refractivity contribution is 0.532. The van der Waals surface area contributed by atoms with Crippen LogP contribution in [0.5, 0.6) is 0 Å². The van der Waals surface area contributed by atoms with Crippen molar-refractivity contribution in [3.05, 3.63) is 27.3 Å². The summed E-state index contributed by atoms with van der Waals surface area (Å²) in [4.78, 5) is 6.11. The Hall–Kier alpha value is -0.650. The minimum Gasteiger partial charge on any atom is -0.327 e. The van der Waals surface area contributed by atoms with E-state index in [4.69, 9.17) is 4.98 Å². The van der Waals surface area contributed by atoms with Crippen molar-refractivity contribution in [3.8, 4) is 10.7 Å². The first kappa shape index (κ1) is 12.4. The van der Waals surface area contributed by atoms with E-state index in [1.807, 2.05) is 7.05 Å². The molecule has 0 atom stereocenters. The maximum atomic E-state index is 4.86. The van der Waals surface area contributed by atoms with Gasteiger partial charge < -0.3 is 9.88 Å². The number of rotatable bonds is 3. The van der Waals surface area contributed by atoms with Gasteiger partial charge in [0.25, 0.3) is 0 Å². The summed E-state index contributed by atoms with van der Waals surface area (Å²) in [6, 6.07) is 2.16. The minimum absolute atomic E-state index is 0.863. The highest BCUT2D eigenvalue weighted by Crippen LogP contribution is 2.33. The Morgan fingerprint density at radius 1 is 1.50 bits per heavy atom. The molecule has 0 bridgehead atoms. The first-order chi connectivity index (χ1) is 8.79. The van der Waals surface area contributed by atoms with Crippen molar-refractivity contribution in [2.24, 2.45) is 0 Å². The maximum absolute atomic E-state index is 4.86. The molecular weight excluding hydrogens is 310 g/mol. The molecule has 0 unspecified atom stereocenters. The molecule has 1 aliphatic heterocycles. The Kier molecular flexibility index (Phi) is 3.54. The summed E-state index contributed by atoms with van der Waals surface area (Å²) in [6.45, 7) is 1.97. The Morgan fingerprint density at radius 3 is 3.11 bits per heavy atom. The predicted molar refractivity (Wildman–Crippen MR) is 78.9 cm³/mol. The molecule has 0 fully saturated rings. The average molecular weight is 326 g/mol. The largest absolute Gasteiger partial charge is 0.327 e. The van der Waals surface area contributed by atoms with Gasteiger partial charge in [-0.25, -0.2) is 4.98 Å². The van der Waals surface area contributed by atoms with Gasteiger partial charge in [0.1, 0.15) is 0 Å². The number of hydrogen-bond acceptors (Lipinski definition) is 3. The van der Waals surface area contributed by atoms with Crippen LogP contribution in [0.1, 0.15) is 24.2 Å². The van der Waals surface area contributed by atoms with Gasteiger partial charge in [-0.3, -0.25) is 0 Å². The van der Waals surface area contributed by atoms with Crippen LogP contribution in [0.3, 0.4) is 0 Å². The van der Waals surface area contributed by atoms with Crippen LogP contribution in [0.25, 0.3) is 10.7 Å². The van der Waals surface area contributed by atoms with Crippen LogP contribution in [0, 0.1) is 0 Å². The molecular formula is C13H16BrN3S. The molecule has 0 radical (unpaired) electrons. The van der Waals surface area contributed by atoms with Crippen molar-refractivity contribution in [3.63, 3.8) is 0 Å². The van der Waals surface area contributed by atoms with Gasteiger partial charge in [0.15, 0.2) is 5.82 Å². The third-order valence-corrected chi connectivity index (χ3v) is 5.02. The molecule has 1 aliphatic rings. The maximum Gasteiger partial charge on any atom is 0.150 e. The zero-order valence-corrected chi connectivity index (χ0v) is 12.8. The van der Waals surface area contributed by atoms with E-state index in [0.29, 0.717) is 0 Å². The first-order valence-corrected chi connectivity index (χ1v) is 7.94. The Morgan fingerprint density at radius 2 is 2.39 bits per heavy atom. The van der Waals surface area contributed by atoms with Crippen molar-refractivity contribution in [1.29, 1.82) is 0 Å². The second-order valence-electron chi connectivity index (χ2n) is 4.60. The third kappa shape index (κ3) is 2.15. The molecule has 0 spiro atoms. The fourth-order valence-electron chi connectivity index (χ4n) is 2.55. The van der Waals surface area contributed by atoms with E-state index >= 15 is 0 Å². The van der Waals surface area contributed by atoms with Crippen molar-refractivity contribution < 1.29 is 0 Å². The minimum atomic E-state index is 0.863. The normalized spacial score (nSPS) is 14.8. The Labute approximate surface area is 119 Å². The van der Waals surface area contributed by atoms with E-state index in [-0.39, 0.29) is 0 Å². The molecule has 0 saturated heterocycles. The highest BCUT2D eigenvalue weighted by Gasteiger charge is 2.21. The van der Waals surface area contributed by atoms with Gasteiger partial charge in [0, 0.05) is 28.6 Å². The Balaban J connectivity index is 2.08. The lowest BCUT2D eigenvalue weighted by atomic mass is 10.1. The van der Waals surface area contributed by atoms with E-state index in [1.54, 1.807) is 11.3 Å². The van der Waals surface area contributed by atoms with Crippen molar-refractivity contribution >= 4 is 27.3 Å². The highest BCUT2D eigenvalue weighted by atomic mass is 79.9. The van der Waals surface area contributed by atoms with Crippen LogP contribution in [0.15, 0.2) is 15.9 Å². The second-order valence-corrected chi connectivity index (χ2v) is 6.42. The number of thiophene rings is 1. The molecule has 96 valence electrons. The van der Waals surface area contributed by atoms with Crippen molar-refractivity contribution in [2.75, 3.05) is 7.05 Å². The lowest BCUT2D eigenvalue weighted by Gasteiger charge is -2.17. The quantitative estimate of drug-likeness (QED) is 0.936. The molecule has 3 rings (SSSR count).